The molecule has 0 unspecified atom stereocenters. The lowest BCUT2D eigenvalue weighted by atomic mass is 10.0. The molecule has 4 aromatic rings. The summed E-state index contributed by atoms with van der Waals surface area (Å²) in [6.07, 6.45) is 1.03. The first-order valence-electron chi connectivity index (χ1n) is 11.2. The lowest BCUT2D eigenvalue weighted by Gasteiger charge is -2.06. The zero-order valence-corrected chi connectivity index (χ0v) is 18.6. The van der Waals surface area contributed by atoms with E-state index in [9.17, 15) is 0 Å². The highest BCUT2D eigenvalue weighted by molar-refractivity contribution is 5.98. The Bertz CT molecular complexity index is 1230. The van der Waals surface area contributed by atoms with Crippen molar-refractivity contribution in [3.63, 3.8) is 0 Å². The summed E-state index contributed by atoms with van der Waals surface area (Å²) in [7, 11) is 0. The summed E-state index contributed by atoms with van der Waals surface area (Å²) >= 11 is 0. The smallest absolute Gasteiger partial charge is 0.231 e. The summed E-state index contributed by atoms with van der Waals surface area (Å²) in [6.45, 7) is 4.25. The standard InChI is InChI=1S/C27H26N4O2/c1-19(30-32-18-20-6-5-9-24(16-20)22-7-3-2-4-8-22)21-10-12-23(13-11-21)26-29-27(33-31-26)25-14-15-28-17-25/h2-13,16,25,28H,14-15,17-18H2,1H3/b30-19+/t25-/m1/s1. The number of oxime groups is 1. The first-order valence-corrected chi connectivity index (χ1v) is 11.2. The Morgan fingerprint density at radius 1 is 1.00 bits per heavy atom. The number of benzene rings is 3. The molecule has 0 radical (unpaired) electrons. The average Bonchev–Trinajstić information content (AvgIpc) is 3.57. The van der Waals surface area contributed by atoms with E-state index >= 15 is 0 Å². The van der Waals surface area contributed by atoms with Crippen molar-refractivity contribution in [2.24, 2.45) is 5.16 Å². The van der Waals surface area contributed by atoms with Gasteiger partial charge in [-0.25, -0.2) is 0 Å². The van der Waals surface area contributed by atoms with E-state index in [4.69, 9.17) is 9.36 Å². The number of nitrogens with zero attached hydrogens (tertiary/aromatic N) is 3. The Balaban J connectivity index is 1.21. The third kappa shape index (κ3) is 5.02. The van der Waals surface area contributed by atoms with Crippen LogP contribution in [0, 0.1) is 0 Å². The number of nitrogens with one attached hydrogen (secondary N) is 1. The van der Waals surface area contributed by atoms with Crippen LogP contribution in [0.5, 0.6) is 0 Å². The van der Waals surface area contributed by atoms with Gasteiger partial charge in [-0.1, -0.05) is 83.1 Å². The molecule has 5 rings (SSSR count). The van der Waals surface area contributed by atoms with Crippen LogP contribution in [-0.2, 0) is 11.4 Å². The van der Waals surface area contributed by atoms with Gasteiger partial charge in [-0.15, -0.1) is 0 Å². The normalized spacial score (nSPS) is 16.2. The minimum atomic E-state index is 0.311. The van der Waals surface area contributed by atoms with Crippen molar-refractivity contribution < 1.29 is 9.36 Å². The van der Waals surface area contributed by atoms with Crippen LogP contribution in [0.2, 0.25) is 0 Å². The molecule has 1 fully saturated rings. The van der Waals surface area contributed by atoms with Crippen molar-refractivity contribution in [2.75, 3.05) is 13.1 Å². The zero-order valence-electron chi connectivity index (χ0n) is 18.6. The Kier molecular flexibility index (Phi) is 6.26. The van der Waals surface area contributed by atoms with Crippen molar-refractivity contribution >= 4 is 5.71 Å². The summed E-state index contributed by atoms with van der Waals surface area (Å²) in [6, 6.07) is 26.6. The van der Waals surface area contributed by atoms with Gasteiger partial charge in [0.1, 0.15) is 6.61 Å². The molecular formula is C27H26N4O2. The molecule has 0 spiro atoms. The van der Waals surface area contributed by atoms with Gasteiger partial charge in [0.15, 0.2) is 0 Å². The van der Waals surface area contributed by atoms with E-state index < -0.39 is 0 Å². The van der Waals surface area contributed by atoms with Crippen molar-refractivity contribution in [3.8, 4) is 22.5 Å². The van der Waals surface area contributed by atoms with Crippen LogP contribution in [0.25, 0.3) is 22.5 Å². The van der Waals surface area contributed by atoms with E-state index in [-0.39, 0.29) is 0 Å². The molecule has 0 amide bonds. The maximum Gasteiger partial charge on any atom is 0.231 e. The van der Waals surface area contributed by atoms with Gasteiger partial charge < -0.3 is 14.7 Å². The molecule has 1 saturated heterocycles. The Morgan fingerprint density at radius 3 is 2.61 bits per heavy atom. The lowest BCUT2D eigenvalue weighted by Crippen LogP contribution is -2.08. The van der Waals surface area contributed by atoms with E-state index in [1.54, 1.807) is 0 Å². The second-order valence-corrected chi connectivity index (χ2v) is 8.24. The SMILES string of the molecule is C/C(=N\OCc1cccc(-c2ccccc2)c1)c1ccc(-c2noc([C@@H]3CCNC3)n2)cc1. The highest BCUT2D eigenvalue weighted by Crippen LogP contribution is 2.24. The fourth-order valence-corrected chi connectivity index (χ4v) is 3.97. The van der Waals surface area contributed by atoms with E-state index in [2.05, 4.69) is 44.9 Å². The van der Waals surface area contributed by atoms with Crippen LogP contribution >= 0.6 is 0 Å². The van der Waals surface area contributed by atoms with Gasteiger partial charge in [0, 0.05) is 12.1 Å². The molecule has 1 aliphatic rings. The van der Waals surface area contributed by atoms with Crippen LogP contribution in [0.1, 0.15) is 36.3 Å². The third-order valence-electron chi connectivity index (χ3n) is 5.88. The molecule has 0 saturated carbocycles. The summed E-state index contributed by atoms with van der Waals surface area (Å²) < 4.78 is 5.47. The van der Waals surface area contributed by atoms with Crippen molar-refractivity contribution in [2.45, 2.75) is 25.9 Å². The van der Waals surface area contributed by atoms with Gasteiger partial charge in [-0.3, -0.25) is 0 Å². The molecule has 166 valence electrons. The van der Waals surface area contributed by atoms with Crippen LogP contribution in [0.15, 0.2) is 88.5 Å². The number of rotatable bonds is 7. The predicted molar refractivity (Wildman–Crippen MR) is 129 cm³/mol. The van der Waals surface area contributed by atoms with Gasteiger partial charge in [0.05, 0.1) is 11.6 Å². The van der Waals surface area contributed by atoms with Gasteiger partial charge in [-0.2, -0.15) is 4.98 Å². The molecule has 0 aliphatic carbocycles. The minimum absolute atomic E-state index is 0.311. The molecule has 6 nitrogen and oxygen atoms in total. The quantitative estimate of drug-likeness (QED) is 0.308. The molecule has 1 aromatic heterocycles. The molecule has 6 heteroatoms. The second-order valence-electron chi connectivity index (χ2n) is 8.24. The van der Waals surface area contributed by atoms with E-state index in [0.29, 0.717) is 24.2 Å². The molecule has 2 heterocycles. The second kappa shape index (κ2) is 9.79. The highest BCUT2D eigenvalue weighted by Gasteiger charge is 2.23. The van der Waals surface area contributed by atoms with E-state index in [1.807, 2.05) is 61.5 Å². The van der Waals surface area contributed by atoms with Crippen LogP contribution in [0.4, 0.5) is 0 Å². The van der Waals surface area contributed by atoms with Crippen LogP contribution in [0.3, 0.4) is 0 Å². The Labute approximate surface area is 193 Å². The monoisotopic (exact) mass is 438 g/mol. The van der Waals surface area contributed by atoms with Crippen molar-refractivity contribution in [1.29, 1.82) is 0 Å². The Hall–Kier alpha value is -3.77. The van der Waals surface area contributed by atoms with E-state index in [1.165, 1.54) is 11.1 Å². The largest absolute Gasteiger partial charge is 0.391 e. The van der Waals surface area contributed by atoms with Gasteiger partial charge in [-0.05, 0) is 48.2 Å². The van der Waals surface area contributed by atoms with Crippen molar-refractivity contribution in [1.82, 2.24) is 15.5 Å². The van der Waals surface area contributed by atoms with Gasteiger partial charge in [0.25, 0.3) is 0 Å². The fraction of sp³-hybridized carbons (Fsp3) is 0.222. The summed E-state index contributed by atoms with van der Waals surface area (Å²) in [5, 5.41) is 11.8. The number of aromatic nitrogens is 2. The van der Waals surface area contributed by atoms with Crippen LogP contribution < -0.4 is 5.32 Å². The first-order chi connectivity index (χ1) is 16.3. The summed E-state index contributed by atoms with van der Waals surface area (Å²) in [5.74, 6) is 1.64. The Morgan fingerprint density at radius 2 is 1.82 bits per heavy atom. The van der Waals surface area contributed by atoms with Gasteiger partial charge in [0.2, 0.25) is 11.7 Å². The van der Waals surface area contributed by atoms with Crippen LogP contribution in [-0.4, -0.2) is 28.9 Å². The highest BCUT2D eigenvalue weighted by atomic mass is 16.6. The predicted octanol–water partition coefficient (Wildman–Crippen LogP) is 5.42. The van der Waals surface area contributed by atoms with Crippen molar-refractivity contribution in [3.05, 3.63) is 95.9 Å². The molecule has 1 aliphatic heterocycles. The fourth-order valence-electron chi connectivity index (χ4n) is 3.97. The topological polar surface area (TPSA) is 72.5 Å². The molecule has 0 bridgehead atoms. The molecular weight excluding hydrogens is 412 g/mol. The number of hydrogen-bond donors (Lipinski definition) is 1. The molecule has 33 heavy (non-hydrogen) atoms. The van der Waals surface area contributed by atoms with E-state index in [0.717, 1.165) is 41.9 Å². The molecule has 1 N–H and O–H groups in total. The third-order valence-corrected chi connectivity index (χ3v) is 5.88. The first kappa shape index (κ1) is 21.1. The molecule has 3 aromatic carbocycles. The minimum Gasteiger partial charge on any atom is -0.391 e. The van der Waals surface area contributed by atoms with Gasteiger partial charge >= 0.3 is 0 Å². The lowest BCUT2D eigenvalue weighted by molar-refractivity contribution is 0.130. The molecule has 1 atom stereocenters. The number of hydrogen-bond acceptors (Lipinski definition) is 6. The maximum absolute atomic E-state index is 5.64. The summed E-state index contributed by atoms with van der Waals surface area (Å²) in [4.78, 5) is 10.2. The maximum atomic E-state index is 5.64. The summed E-state index contributed by atoms with van der Waals surface area (Å²) in [5.41, 5.74) is 6.15. The zero-order chi connectivity index (χ0) is 22.5. The average molecular weight is 439 g/mol.